The van der Waals surface area contributed by atoms with E-state index in [4.69, 9.17) is 23.2 Å². The lowest BCUT2D eigenvalue weighted by Gasteiger charge is -2.08. The van der Waals surface area contributed by atoms with Crippen LogP contribution in [0.25, 0.3) is 0 Å². The van der Waals surface area contributed by atoms with Crippen LogP contribution in [0.2, 0.25) is 10.0 Å². The summed E-state index contributed by atoms with van der Waals surface area (Å²) >= 11 is 11.8. The fourth-order valence-corrected chi connectivity index (χ4v) is 2.19. The summed E-state index contributed by atoms with van der Waals surface area (Å²) in [6.45, 7) is 2.22. The van der Waals surface area contributed by atoms with E-state index in [0.717, 1.165) is 11.1 Å². The summed E-state index contributed by atoms with van der Waals surface area (Å²) in [5.41, 5.74) is 2.40. The SMILES string of the molecule is Cc1ccc(NC(=O)CC(=O)NCc2ccc(Cl)cc2)cc1Cl. The fourth-order valence-electron chi connectivity index (χ4n) is 1.89. The molecule has 0 fully saturated rings. The van der Waals surface area contributed by atoms with Crippen LogP contribution in [0, 0.1) is 6.92 Å². The van der Waals surface area contributed by atoms with E-state index < -0.39 is 5.91 Å². The first-order valence-electron chi connectivity index (χ1n) is 7.01. The Labute approximate surface area is 144 Å². The van der Waals surface area contributed by atoms with Gasteiger partial charge in [0.05, 0.1) is 0 Å². The number of halogens is 2. The summed E-state index contributed by atoms with van der Waals surface area (Å²) in [5.74, 6) is -0.741. The first-order valence-corrected chi connectivity index (χ1v) is 7.77. The molecule has 0 atom stereocenters. The van der Waals surface area contributed by atoms with Crippen LogP contribution in [0.1, 0.15) is 17.5 Å². The number of aryl methyl sites for hydroxylation is 1. The zero-order valence-electron chi connectivity index (χ0n) is 12.5. The molecular weight excluding hydrogens is 335 g/mol. The van der Waals surface area contributed by atoms with Crippen molar-refractivity contribution in [3.8, 4) is 0 Å². The first kappa shape index (κ1) is 17.3. The average molecular weight is 351 g/mol. The van der Waals surface area contributed by atoms with Crippen molar-refractivity contribution in [2.75, 3.05) is 5.32 Å². The number of benzene rings is 2. The van der Waals surface area contributed by atoms with Gasteiger partial charge < -0.3 is 10.6 Å². The quantitative estimate of drug-likeness (QED) is 0.802. The number of hydrogen-bond donors (Lipinski definition) is 2. The Bertz CT molecular complexity index is 715. The zero-order valence-corrected chi connectivity index (χ0v) is 14.0. The third-order valence-electron chi connectivity index (χ3n) is 3.18. The van der Waals surface area contributed by atoms with Gasteiger partial charge in [-0.3, -0.25) is 9.59 Å². The van der Waals surface area contributed by atoms with Crippen molar-refractivity contribution in [1.82, 2.24) is 5.32 Å². The number of rotatable bonds is 5. The maximum absolute atomic E-state index is 11.8. The minimum absolute atomic E-state index is 0.251. The summed E-state index contributed by atoms with van der Waals surface area (Å²) in [6.07, 6.45) is -0.251. The number of hydrogen-bond acceptors (Lipinski definition) is 2. The molecule has 120 valence electrons. The van der Waals surface area contributed by atoms with E-state index in [1.807, 2.05) is 19.1 Å². The van der Waals surface area contributed by atoms with Crippen molar-refractivity contribution in [3.63, 3.8) is 0 Å². The van der Waals surface area contributed by atoms with E-state index in [9.17, 15) is 9.59 Å². The second-order valence-corrected chi connectivity index (χ2v) is 5.94. The fraction of sp³-hybridized carbons (Fsp3) is 0.176. The summed E-state index contributed by atoms with van der Waals surface area (Å²) in [5, 5.41) is 6.53. The Morgan fingerprint density at radius 1 is 1.00 bits per heavy atom. The van der Waals surface area contributed by atoms with Gasteiger partial charge in [-0.05, 0) is 42.3 Å². The van der Waals surface area contributed by atoms with Crippen LogP contribution in [0.5, 0.6) is 0 Å². The topological polar surface area (TPSA) is 58.2 Å². The smallest absolute Gasteiger partial charge is 0.233 e. The summed E-state index contributed by atoms with van der Waals surface area (Å²) in [7, 11) is 0. The molecule has 2 rings (SSSR count). The average Bonchev–Trinajstić information content (AvgIpc) is 2.50. The van der Waals surface area contributed by atoms with Crippen LogP contribution in [0.15, 0.2) is 42.5 Å². The first-order chi connectivity index (χ1) is 10.9. The molecule has 4 nitrogen and oxygen atoms in total. The molecule has 0 aliphatic rings. The van der Waals surface area contributed by atoms with Gasteiger partial charge >= 0.3 is 0 Å². The number of amides is 2. The van der Waals surface area contributed by atoms with E-state index in [1.54, 1.807) is 30.3 Å². The number of carbonyl (C=O) groups is 2. The Morgan fingerprint density at radius 2 is 1.70 bits per heavy atom. The minimum atomic E-state index is -0.390. The Balaban J connectivity index is 1.81. The highest BCUT2D eigenvalue weighted by atomic mass is 35.5. The molecule has 0 aliphatic carbocycles. The van der Waals surface area contributed by atoms with E-state index in [1.165, 1.54) is 0 Å². The zero-order chi connectivity index (χ0) is 16.8. The van der Waals surface area contributed by atoms with Gasteiger partial charge in [0.2, 0.25) is 11.8 Å². The van der Waals surface area contributed by atoms with Gasteiger partial charge in [0.1, 0.15) is 6.42 Å². The molecule has 0 aromatic heterocycles. The lowest BCUT2D eigenvalue weighted by atomic mass is 10.2. The monoisotopic (exact) mass is 350 g/mol. The highest BCUT2D eigenvalue weighted by molar-refractivity contribution is 6.31. The Hall–Kier alpha value is -2.04. The van der Waals surface area contributed by atoms with Crippen LogP contribution in [-0.2, 0) is 16.1 Å². The molecule has 0 saturated heterocycles. The molecule has 0 unspecified atom stereocenters. The Morgan fingerprint density at radius 3 is 2.35 bits per heavy atom. The molecule has 0 radical (unpaired) electrons. The largest absolute Gasteiger partial charge is 0.352 e. The van der Waals surface area contributed by atoms with Gasteiger partial charge in [-0.25, -0.2) is 0 Å². The van der Waals surface area contributed by atoms with Crippen LogP contribution < -0.4 is 10.6 Å². The van der Waals surface area contributed by atoms with Crippen LogP contribution in [-0.4, -0.2) is 11.8 Å². The van der Waals surface area contributed by atoms with Gasteiger partial charge in [0, 0.05) is 22.3 Å². The predicted octanol–water partition coefficient (Wildman–Crippen LogP) is 3.95. The van der Waals surface area contributed by atoms with E-state index in [2.05, 4.69) is 10.6 Å². The van der Waals surface area contributed by atoms with Crippen LogP contribution in [0.3, 0.4) is 0 Å². The van der Waals surface area contributed by atoms with Gasteiger partial charge in [-0.1, -0.05) is 41.4 Å². The van der Waals surface area contributed by atoms with E-state index in [-0.39, 0.29) is 12.3 Å². The molecule has 6 heteroatoms. The lowest BCUT2D eigenvalue weighted by molar-refractivity contribution is -0.126. The van der Waals surface area contributed by atoms with E-state index >= 15 is 0 Å². The van der Waals surface area contributed by atoms with E-state index in [0.29, 0.717) is 22.3 Å². The third-order valence-corrected chi connectivity index (χ3v) is 3.84. The maximum Gasteiger partial charge on any atom is 0.233 e. The van der Waals surface area contributed by atoms with Crippen molar-refractivity contribution < 1.29 is 9.59 Å². The standard InChI is InChI=1S/C17H16Cl2N2O2/c1-11-2-7-14(8-15(11)19)21-17(23)9-16(22)20-10-12-3-5-13(18)6-4-12/h2-8H,9-10H2,1H3,(H,20,22)(H,21,23). The molecule has 0 bridgehead atoms. The minimum Gasteiger partial charge on any atom is -0.352 e. The second kappa shape index (κ2) is 7.99. The molecule has 0 heterocycles. The Kier molecular flexibility index (Phi) is 6.02. The third kappa shape index (κ3) is 5.58. The molecule has 0 saturated carbocycles. The predicted molar refractivity (Wildman–Crippen MR) is 92.7 cm³/mol. The molecule has 2 aromatic rings. The molecule has 0 aliphatic heterocycles. The van der Waals surface area contributed by atoms with Gasteiger partial charge in [0.25, 0.3) is 0 Å². The molecule has 0 spiro atoms. The number of carbonyl (C=O) groups excluding carboxylic acids is 2. The number of nitrogens with one attached hydrogen (secondary N) is 2. The van der Waals surface area contributed by atoms with Crippen molar-refractivity contribution in [1.29, 1.82) is 0 Å². The van der Waals surface area contributed by atoms with Gasteiger partial charge in [0.15, 0.2) is 0 Å². The second-order valence-electron chi connectivity index (χ2n) is 5.09. The highest BCUT2D eigenvalue weighted by Crippen LogP contribution is 2.20. The number of anilines is 1. The molecular formula is C17H16Cl2N2O2. The lowest BCUT2D eigenvalue weighted by Crippen LogP contribution is -2.27. The highest BCUT2D eigenvalue weighted by Gasteiger charge is 2.10. The molecule has 2 amide bonds. The molecule has 2 aromatic carbocycles. The maximum atomic E-state index is 11.8. The molecule has 2 N–H and O–H groups in total. The van der Waals surface area contributed by atoms with Crippen molar-refractivity contribution >= 4 is 40.7 Å². The van der Waals surface area contributed by atoms with Gasteiger partial charge in [-0.2, -0.15) is 0 Å². The summed E-state index contributed by atoms with van der Waals surface area (Å²) in [6, 6.07) is 12.3. The van der Waals surface area contributed by atoms with Crippen LogP contribution in [0.4, 0.5) is 5.69 Å². The van der Waals surface area contributed by atoms with Crippen LogP contribution >= 0.6 is 23.2 Å². The summed E-state index contributed by atoms with van der Waals surface area (Å²) < 4.78 is 0. The summed E-state index contributed by atoms with van der Waals surface area (Å²) in [4.78, 5) is 23.6. The van der Waals surface area contributed by atoms with Crippen molar-refractivity contribution in [2.45, 2.75) is 19.9 Å². The van der Waals surface area contributed by atoms with Crippen molar-refractivity contribution in [3.05, 3.63) is 63.6 Å². The molecule has 23 heavy (non-hydrogen) atoms. The van der Waals surface area contributed by atoms with Gasteiger partial charge in [-0.15, -0.1) is 0 Å². The van der Waals surface area contributed by atoms with Crippen molar-refractivity contribution in [2.24, 2.45) is 0 Å². The normalized spacial score (nSPS) is 10.2.